The van der Waals surface area contributed by atoms with Crippen molar-refractivity contribution in [1.29, 1.82) is 0 Å². The first-order valence-corrected chi connectivity index (χ1v) is 6.84. The van der Waals surface area contributed by atoms with Crippen LogP contribution < -0.4 is 0 Å². The quantitative estimate of drug-likeness (QED) is 0.590. The van der Waals surface area contributed by atoms with E-state index < -0.39 is 7.34 Å². The molecule has 0 aromatic carbocycles. The topological polar surface area (TPSA) is 27.7 Å². The van der Waals surface area contributed by atoms with Crippen LogP contribution in [0.4, 0.5) is 0 Å². The minimum Gasteiger partial charge on any atom is -0.372 e. The smallest absolute Gasteiger partial charge is 0.0920 e. The van der Waals surface area contributed by atoms with Crippen LogP contribution >= 0.6 is 7.34 Å². The van der Waals surface area contributed by atoms with E-state index in [1.165, 1.54) is 0 Å². The molecule has 1 heterocycles. The third-order valence-corrected chi connectivity index (χ3v) is 4.09. The second-order valence-corrected chi connectivity index (χ2v) is 6.18. The second kappa shape index (κ2) is 7.66. The minimum absolute atomic E-state index is 0. The molecule has 0 N–H and O–H groups in total. The third-order valence-electron chi connectivity index (χ3n) is 2.80. The van der Waals surface area contributed by atoms with E-state index in [1.54, 1.807) is 7.11 Å². The SMILES string of the molecule is C=P([CH2-])(OC)OC1C(C)OC(C)C1C.[CH3-].[Y]. The molecule has 1 saturated heterocycles. The monoisotopic (exact) mass is 323 g/mol. The maximum Gasteiger partial charge on any atom is 0.0920 e. The second-order valence-electron chi connectivity index (χ2n) is 3.97. The molecule has 5 atom stereocenters. The van der Waals surface area contributed by atoms with Crippen molar-refractivity contribution in [3.63, 3.8) is 0 Å². The molecule has 1 radical (unpaired) electrons. The van der Waals surface area contributed by atoms with Crippen molar-refractivity contribution in [3.8, 4) is 0 Å². The molecule has 3 nitrogen and oxygen atoms in total. The maximum atomic E-state index is 5.78. The Balaban J connectivity index is 0. The van der Waals surface area contributed by atoms with Crippen molar-refractivity contribution >= 4 is 13.6 Å². The summed E-state index contributed by atoms with van der Waals surface area (Å²) < 4.78 is 16.6. The van der Waals surface area contributed by atoms with Crippen LogP contribution in [0, 0.1) is 20.0 Å². The molecule has 5 unspecified atom stereocenters. The van der Waals surface area contributed by atoms with Crippen LogP contribution in [0.5, 0.6) is 0 Å². The zero-order valence-corrected chi connectivity index (χ0v) is 14.7. The van der Waals surface area contributed by atoms with Crippen LogP contribution in [0.15, 0.2) is 0 Å². The largest absolute Gasteiger partial charge is 0.372 e. The Hall–Kier alpha value is 1.28. The molecule has 16 heavy (non-hydrogen) atoms. The minimum atomic E-state index is -2.15. The standard InChI is InChI=1S/C10H20O3P.CH3.Y/c1-7-8(2)12-9(3)10(7)13-14(5,6)11-4;;/h7-10H,5-6H2,1-4H3;1H3;/q2*-1;. The van der Waals surface area contributed by atoms with E-state index in [0.717, 1.165) is 0 Å². The Kier molecular flexibility index (Phi) is 9.39. The van der Waals surface area contributed by atoms with Gasteiger partial charge in [-0.2, -0.15) is 0 Å². The summed E-state index contributed by atoms with van der Waals surface area (Å²) in [6.07, 6.45) is 4.22. The van der Waals surface area contributed by atoms with Gasteiger partial charge in [-0.15, -0.1) is 0 Å². The van der Waals surface area contributed by atoms with Crippen molar-refractivity contribution in [1.82, 2.24) is 0 Å². The van der Waals surface area contributed by atoms with Gasteiger partial charge in [0.15, 0.2) is 0 Å². The summed E-state index contributed by atoms with van der Waals surface area (Å²) in [6, 6.07) is 0. The molecule has 0 aromatic rings. The van der Waals surface area contributed by atoms with Crippen LogP contribution in [-0.4, -0.2) is 31.7 Å². The van der Waals surface area contributed by atoms with Gasteiger partial charge in [-0.1, -0.05) is 13.2 Å². The first kappa shape index (κ1) is 19.6. The summed E-state index contributed by atoms with van der Waals surface area (Å²) in [4.78, 5) is 0. The van der Waals surface area contributed by atoms with E-state index in [1.807, 2.05) is 6.92 Å². The van der Waals surface area contributed by atoms with Gasteiger partial charge in [0.2, 0.25) is 0 Å². The van der Waals surface area contributed by atoms with Gasteiger partial charge in [-0.05, 0) is 21.2 Å². The van der Waals surface area contributed by atoms with E-state index in [4.69, 9.17) is 13.8 Å². The molecule has 0 spiro atoms. The summed E-state index contributed by atoms with van der Waals surface area (Å²) in [5, 5.41) is 0. The molecule has 0 amide bonds. The Morgan fingerprint density at radius 1 is 1.25 bits per heavy atom. The fraction of sp³-hybridized carbons (Fsp3) is 0.727. The van der Waals surface area contributed by atoms with E-state index in [9.17, 15) is 0 Å². The van der Waals surface area contributed by atoms with Crippen LogP contribution in [0.2, 0.25) is 0 Å². The zero-order valence-electron chi connectivity index (χ0n) is 11.0. The van der Waals surface area contributed by atoms with Crippen molar-refractivity contribution in [2.75, 3.05) is 7.11 Å². The van der Waals surface area contributed by atoms with Crippen molar-refractivity contribution in [2.24, 2.45) is 5.92 Å². The molecule has 0 aliphatic carbocycles. The van der Waals surface area contributed by atoms with E-state index in [0.29, 0.717) is 5.92 Å². The summed E-state index contributed by atoms with van der Waals surface area (Å²) in [6.45, 7) is 10.0. The van der Waals surface area contributed by atoms with Crippen molar-refractivity contribution in [3.05, 3.63) is 14.1 Å². The van der Waals surface area contributed by atoms with Crippen LogP contribution in [-0.2, 0) is 46.5 Å². The summed E-state index contributed by atoms with van der Waals surface area (Å²) in [5.74, 6) is 0.364. The van der Waals surface area contributed by atoms with Gasteiger partial charge in [-0.3, -0.25) is 6.66 Å². The Bertz CT molecular complexity index is 247. The fourth-order valence-corrected chi connectivity index (χ4v) is 2.57. The van der Waals surface area contributed by atoms with Gasteiger partial charge in [0.1, 0.15) is 0 Å². The normalized spacial score (nSPS) is 37.1. The predicted molar refractivity (Wildman–Crippen MR) is 66.9 cm³/mol. The number of rotatable bonds is 3. The molecular formula is C11H23O3PY-2. The van der Waals surface area contributed by atoms with Gasteiger partial charge in [0, 0.05) is 45.7 Å². The van der Waals surface area contributed by atoms with E-state index in [2.05, 4.69) is 26.8 Å². The summed E-state index contributed by atoms with van der Waals surface area (Å²) >= 11 is 0. The van der Waals surface area contributed by atoms with Gasteiger partial charge >= 0.3 is 0 Å². The first-order chi connectivity index (χ1) is 6.37. The predicted octanol–water partition coefficient (Wildman–Crippen LogP) is 2.98. The van der Waals surface area contributed by atoms with Crippen molar-refractivity contribution in [2.45, 2.75) is 39.1 Å². The van der Waals surface area contributed by atoms with E-state index in [-0.39, 0.29) is 58.4 Å². The average molecular weight is 323 g/mol. The maximum absolute atomic E-state index is 5.78. The molecule has 5 heteroatoms. The van der Waals surface area contributed by atoms with Crippen molar-refractivity contribution < 1.29 is 46.5 Å². The number of ether oxygens (including phenoxy) is 1. The number of hydrogen-bond donors (Lipinski definition) is 0. The summed E-state index contributed by atoms with van der Waals surface area (Å²) in [5.41, 5.74) is 0. The first-order valence-electron chi connectivity index (χ1n) is 4.85. The van der Waals surface area contributed by atoms with Gasteiger partial charge in [-0.25, -0.2) is 0 Å². The molecule has 0 saturated carbocycles. The zero-order chi connectivity index (χ0) is 10.9. The molecular weight excluding hydrogens is 300 g/mol. The molecule has 1 rings (SSSR count). The van der Waals surface area contributed by atoms with Gasteiger partial charge in [0.05, 0.1) is 18.3 Å². The van der Waals surface area contributed by atoms with Gasteiger partial charge < -0.3 is 21.2 Å². The molecule has 0 aromatic heterocycles. The molecule has 95 valence electrons. The third kappa shape index (κ3) is 4.88. The van der Waals surface area contributed by atoms with Crippen LogP contribution in [0.3, 0.4) is 0 Å². The summed E-state index contributed by atoms with van der Waals surface area (Å²) in [7, 11) is -0.568. The van der Waals surface area contributed by atoms with Crippen LogP contribution in [0.25, 0.3) is 0 Å². The Morgan fingerprint density at radius 3 is 2.06 bits per heavy atom. The average Bonchev–Trinajstić information content (AvgIpc) is 2.32. The molecule has 1 aliphatic rings. The van der Waals surface area contributed by atoms with Crippen LogP contribution in [0.1, 0.15) is 20.8 Å². The number of hydrogen-bond acceptors (Lipinski definition) is 3. The fourth-order valence-electron chi connectivity index (χ4n) is 1.68. The molecule has 0 bridgehead atoms. The van der Waals surface area contributed by atoms with E-state index >= 15 is 0 Å². The molecule has 1 aliphatic heterocycles. The molecule has 1 fully saturated rings. The van der Waals surface area contributed by atoms with Gasteiger partial charge in [0.25, 0.3) is 0 Å². The Labute approximate surface area is 126 Å². The Morgan fingerprint density at radius 2 is 1.75 bits per heavy atom.